The first-order valence-electron chi connectivity index (χ1n) is 6.60. The van der Waals surface area contributed by atoms with Crippen molar-refractivity contribution in [1.29, 1.82) is 0 Å². The smallest absolute Gasteiger partial charge is 0.197 e. The number of aromatic nitrogens is 3. The van der Waals surface area contributed by atoms with Crippen LogP contribution in [0.4, 0.5) is 0 Å². The van der Waals surface area contributed by atoms with Crippen LogP contribution in [0.3, 0.4) is 0 Å². The highest BCUT2D eigenvalue weighted by Gasteiger charge is 2.29. The van der Waals surface area contributed by atoms with Crippen molar-refractivity contribution in [3.05, 3.63) is 12.4 Å². The maximum Gasteiger partial charge on any atom is 0.279 e. The van der Waals surface area contributed by atoms with Crippen molar-refractivity contribution in [2.24, 2.45) is 5.92 Å². The summed E-state index contributed by atoms with van der Waals surface area (Å²) in [5.74, 6) is 0.170. The molecule has 7 nitrogen and oxygen atoms in total. The molecule has 1 aliphatic heterocycles. The molecule has 1 atom stereocenters. The lowest BCUT2D eigenvalue weighted by Gasteiger charge is -2.25. The van der Waals surface area contributed by atoms with Gasteiger partial charge in [-0.05, 0) is 18.8 Å². The van der Waals surface area contributed by atoms with Crippen LogP contribution in [-0.2, 0) is 16.8 Å². The van der Waals surface area contributed by atoms with Gasteiger partial charge in [0.15, 0.2) is 0 Å². The van der Waals surface area contributed by atoms with E-state index in [4.69, 9.17) is 0 Å². The summed E-state index contributed by atoms with van der Waals surface area (Å²) in [7, 11) is -3.39. The summed E-state index contributed by atoms with van der Waals surface area (Å²) in [5.41, 5.74) is 0. The number of nitrogens with zero attached hydrogens (tertiary/aromatic N) is 4. The van der Waals surface area contributed by atoms with E-state index >= 15 is 0 Å². The minimum atomic E-state index is -3.39. The van der Waals surface area contributed by atoms with Crippen LogP contribution in [0.2, 0.25) is 0 Å². The number of hydrogen-bond acceptors (Lipinski definition) is 4. The van der Waals surface area contributed by atoms with Crippen molar-refractivity contribution < 1.29 is 8.42 Å². The van der Waals surface area contributed by atoms with E-state index < -0.39 is 10.2 Å². The third-order valence-corrected chi connectivity index (χ3v) is 4.98. The second kappa shape index (κ2) is 5.98. The van der Waals surface area contributed by atoms with Crippen molar-refractivity contribution in [3.63, 3.8) is 0 Å². The molecule has 1 N–H and O–H groups in total. The van der Waals surface area contributed by atoms with Gasteiger partial charge in [-0.1, -0.05) is 13.8 Å². The van der Waals surface area contributed by atoms with Crippen molar-refractivity contribution in [2.75, 3.05) is 13.1 Å². The molecule has 1 unspecified atom stereocenters. The maximum absolute atomic E-state index is 12.2. The standard InChI is InChI=1S/C11H21N5O2S/c1-10(2)11(9-16-12-5-6-13-16)14-19(17,18)15-7-3-4-8-15/h5-6,10-11,14H,3-4,7-9H2,1-2H3. The minimum absolute atomic E-state index is 0.170. The summed E-state index contributed by atoms with van der Waals surface area (Å²) in [5, 5.41) is 8.05. The van der Waals surface area contributed by atoms with Gasteiger partial charge in [-0.2, -0.15) is 32.4 Å². The second-order valence-corrected chi connectivity index (χ2v) is 6.87. The van der Waals surface area contributed by atoms with Crippen LogP contribution in [0.1, 0.15) is 26.7 Å². The number of hydrogen-bond donors (Lipinski definition) is 1. The summed E-state index contributed by atoms with van der Waals surface area (Å²) in [6.45, 7) is 5.64. The first-order valence-corrected chi connectivity index (χ1v) is 8.04. The average Bonchev–Trinajstić information content (AvgIpc) is 3.00. The SMILES string of the molecule is CC(C)C(Cn1nccn1)NS(=O)(=O)N1CCCC1. The van der Waals surface area contributed by atoms with Gasteiger partial charge in [-0.25, -0.2) is 0 Å². The summed E-state index contributed by atoms with van der Waals surface area (Å²) in [6, 6.07) is -0.210. The van der Waals surface area contributed by atoms with Crippen LogP contribution in [0, 0.1) is 5.92 Å². The molecule has 2 rings (SSSR count). The predicted octanol–water partition coefficient (Wildman–Crippen LogP) is 0.233. The fourth-order valence-electron chi connectivity index (χ4n) is 2.09. The van der Waals surface area contributed by atoms with Gasteiger partial charge in [0.25, 0.3) is 10.2 Å². The Kier molecular flexibility index (Phi) is 4.54. The Bertz CT molecular complexity index is 479. The molecule has 1 fully saturated rings. The van der Waals surface area contributed by atoms with Gasteiger partial charge in [0.1, 0.15) is 0 Å². The van der Waals surface area contributed by atoms with Crippen molar-refractivity contribution in [2.45, 2.75) is 39.3 Å². The molecule has 0 aromatic carbocycles. The Morgan fingerprint density at radius 2 is 1.79 bits per heavy atom. The monoisotopic (exact) mass is 287 g/mol. The molecule has 1 saturated heterocycles. The zero-order valence-electron chi connectivity index (χ0n) is 11.4. The van der Waals surface area contributed by atoms with Gasteiger partial charge in [-0.3, -0.25) is 0 Å². The van der Waals surface area contributed by atoms with Gasteiger partial charge in [0, 0.05) is 19.1 Å². The van der Waals surface area contributed by atoms with Crippen LogP contribution in [0.5, 0.6) is 0 Å². The van der Waals surface area contributed by atoms with Crippen LogP contribution >= 0.6 is 0 Å². The highest BCUT2D eigenvalue weighted by Crippen LogP contribution is 2.14. The zero-order chi connectivity index (χ0) is 13.9. The molecular formula is C11H21N5O2S. The lowest BCUT2D eigenvalue weighted by molar-refractivity contribution is 0.350. The molecular weight excluding hydrogens is 266 g/mol. The largest absolute Gasteiger partial charge is 0.279 e. The first-order chi connectivity index (χ1) is 8.99. The molecule has 8 heteroatoms. The highest BCUT2D eigenvalue weighted by molar-refractivity contribution is 7.87. The van der Waals surface area contributed by atoms with E-state index in [-0.39, 0.29) is 12.0 Å². The normalized spacial score (nSPS) is 19.1. The average molecular weight is 287 g/mol. The maximum atomic E-state index is 12.2. The van der Waals surface area contributed by atoms with Gasteiger partial charge in [0.05, 0.1) is 18.9 Å². The minimum Gasteiger partial charge on any atom is -0.197 e. The lowest BCUT2D eigenvalue weighted by Crippen LogP contribution is -2.48. The summed E-state index contributed by atoms with van der Waals surface area (Å²) >= 11 is 0. The van der Waals surface area contributed by atoms with E-state index in [9.17, 15) is 8.42 Å². The van der Waals surface area contributed by atoms with E-state index in [0.717, 1.165) is 12.8 Å². The van der Waals surface area contributed by atoms with Gasteiger partial charge in [-0.15, -0.1) is 0 Å². The van der Waals surface area contributed by atoms with Crippen LogP contribution < -0.4 is 4.72 Å². The van der Waals surface area contributed by atoms with Crippen LogP contribution in [0.15, 0.2) is 12.4 Å². The molecule has 0 aliphatic carbocycles. The van der Waals surface area contributed by atoms with E-state index in [0.29, 0.717) is 19.6 Å². The molecule has 0 spiro atoms. The molecule has 0 saturated carbocycles. The van der Waals surface area contributed by atoms with E-state index in [1.807, 2.05) is 13.8 Å². The van der Waals surface area contributed by atoms with Crippen LogP contribution in [-0.4, -0.2) is 46.8 Å². The third-order valence-electron chi connectivity index (χ3n) is 3.34. The molecule has 108 valence electrons. The third kappa shape index (κ3) is 3.74. The van der Waals surface area contributed by atoms with Crippen molar-refractivity contribution in [3.8, 4) is 0 Å². The fourth-order valence-corrected chi connectivity index (χ4v) is 3.71. The molecule has 1 aromatic rings. The van der Waals surface area contributed by atoms with Gasteiger partial charge in [0.2, 0.25) is 0 Å². The second-order valence-electron chi connectivity index (χ2n) is 5.16. The molecule has 0 radical (unpaired) electrons. The van der Waals surface area contributed by atoms with E-state index in [1.165, 1.54) is 9.10 Å². The van der Waals surface area contributed by atoms with Crippen LogP contribution in [0.25, 0.3) is 0 Å². The van der Waals surface area contributed by atoms with Crippen molar-refractivity contribution >= 4 is 10.2 Å². The molecule has 2 heterocycles. The summed E-state index contributed by atoms with van der Waals surface area (Å²) in [4.78, 5) is 1.51. The van der Waals surface area contributed by atoms with Crippen molar-refractivity contribution in [1.82, 2.24) is 24.0 Å². The highest BCUT2D eigenvalue weighted by atomic mass is 32.2. The summed E-state index contributed by atoms with van der Waals surface area (Å²) < 4.78 is 28.8. The van der Waals surface area contributed by atoms with Gasteiger partial charge < -0.3 is 0 Å². The Hall–Kier alpha value is -0.990. The predicted molar refractivity (Wildman–Crippen MR) is 71.5 cm³/mol. The quantitative estimate of drug-likeness (QED) is 0.812. The molecule has 0 bridgehead atoms. The number of rotatable bonds is 6. The first kappa shape index (κ1) is 14.4. The Labute approximate surface area is 114 Å². The Morgan fingerprint density at radius 1 is 1.21 bits per heavy atom. The molecule has 1 aliphatic rings. The van der Waals surface area contributed by atoms with E-state index in [1.54, 1.807) is 12.4 Å². The Balaban J connectivity index is 2.03. The summed E-state index contributed by atoms with van der Waals surface area (Å²) in [6.07, 6.45) is 5.06. The number of nitrogens with one attached hydrogen (secondary N) is 1. The Morgan fingerprint density at radius 3 is 2.32 bits per heavy atom. The lowest BCUT2D eigenvalue weighted by atomic mass is 10.1. The molecule has 1 aromatic heterocycles. The molecule has 0 amide bonds. The zero-order valence-corrected chi connectivity index (χ0v) is 12.2. The van der Waals surface area contributed by atoms with E-state index in [2.05, 4.69) is 14.9 Å². The topological polar surface area (TPSA) is 80.1 Å². The van der Waals surface area contributed by atoms with Gasteiger partial charge >= 0.3 is 0 Å². The fraction of sp³-hybridized carbons (Fsp3) is 0.818. The molecule has 19 heavy (non-hydrogen) atoms.